The molecule has 1 atom stereocenters. The van der Waals surface area contributed by atoms with E-state index in [1.54, 1.807) is 6.92 Å². The molecule has 6 heteroatoms. The van der Waals surface area contributed by atoms with Crippen molar-refractivity contribution in [2.24, 2.45) is 17.8 Å². The van der Waals surface area contributed by atoms with Crippen LogP contribution in [0.3, 0.4) is 0 Å². The zero-order chi connectivity index (χ0) is 20.2. The molecule has 0 bridgehead atoms. The number of hydrogen-bond donors (Lipinski definition) is 1. The van der Waals surface area contributed by atoms with E-state index in [9.17, 15) is 23.1 Å². The summed E-state index contributed by atoms with van der Waals surface area (Å²) in [7, 11) is 0. The number of phenolic OH excluding ortho intramolecular Hbond substituents is 1. The van der Waals surface area contributed by atoms with Crippen LogP contribution in [0.5, 0.6) is 11.5 Å². The van der Waals surface area contributed by atoms with Crippen molar-refractivity contribution < 1.29 is 27.8 Å². The number of hydrogen-bond acceptors (Lipinski definition) is 3. The molecule has 152 valence electrons. The molecule has 1 aliphatic rings. The summed E-state index contributed by atoms with van der Waals surface area (Å²) in [5.41, 5.74) is -0.226. The molecule has 1 aromatic carbocycles. The summed E-state index contributed by atoms with van der Waals surface area (Å²) in [5, 5.41) is 9.81. The van der Waals surface area contributed by atoms with E-state index in [1.807, 2.05) is 0 Å². The molecule has 0 heterocycles. The maximum atomic E-state index is 14.6. The number of benzene rings is 1. The molecule has 0 spiro atoms. The van der Waals surface area contributed by atoms with Crippen LogP contribution in [0.25, 0.3) is 0 Å². The first-order valence-corrected chi connectivity index (χ1v) is 9.82. The second-order valence-corrected chi connectivity index (χ2v) is 7.59. The maximum absolute atomic E-state index is 14.6. The van der Waals surface area contributed by atoms with E-state index in [2.05, 4.69) is 18.6 Å². The van der Waals surface area contributed by atoms with E-state index in [-0.39, 0.29) is 12.0 Å². The van der Waals surface area contributed by atoms with Gasteiger partial charge in [0.05, 0.1) is 11.5 Å². The molecular weight excluding hydrogens is 357 g/mol. The van der Waals surface area contributed by atoms with Gasteiger partial charge >= 0.3 is 6.11 Å². The highest BCUT2D eigenvalue weighted by molar-refractivity contribution is 5.98. The molecule has 0 amide bonds. The smallest absolute Gasteiger partial charge is 0.400 e. The van der Waals surface area contributed by atoms with Crippen LogP contribution in [0.2, 0.25) is 0 Å². The molecule has 1 N–H and O–H groups in total. The molecule has 2 rings (SSSR count). The summed E-state index contributed by atoms with van der Waals surface area (Å²) in [6.07, 6.45) is 0.795. The molecule has 0 radical (unpaired) electrons. The number of rotatable bonds is 8. The maximum Gasteiger partial charge on any atom is 0.400 e. The SMILES string of the molecule is CCCC(C)C1CCC(C(F)(F)Oc2ccc(C(=O)CC)c(O)c2F)CC1. The first-order chi connectivity index (χ1) is 12.7. The summed E-state index contributed by atoms with van der Waals surface area (Å²) in [6, 6.07) is 2.11. The lowest BCUT2D eigenvalue weighted by atomic mass is 9.75. The van der Waals surface area contributed by atoms with Crippen LogP contribution < -0.4 is 4.74 Å². The van der Waals surface area contributed by atoms with E-state index in [4.69, 9.17) is 0 Å². The third-order valence-electron chi connectivity index (χ3n) is 5.74. The first-order valence-electron chi connectivity index (χ1n) is 9.82. The molecule has 1 aliphatic carbocycles. The van der Waals surface area contributed by atoms with Crippen LogP contribution in [0.1, 0.15) is 76.1 Å². The zero-order valence-corrected chi connectivity index (χ0v) is 16.2. The average Bonchev–Trinajstić information content (AvgIpc) is 2.65. The Morgan fingerprint density at radius 3 is 2.44 bits per heavy atom. The fourth-order valence-electron chi connectivity index (χ4n) is 3.99. The Morgan fingerprint density at radius 2 is 1.89 bits per heavy atom. The fraction of sp³-hybridized carbons (Fsp3) is 0.667. The van der Waals surface area contributed by atoms with Gasteiger partial charge in [0, 0.05) is 6.42 Å². The molecule has 0 saturated heterocycles. The molecule has 27 heavy (non-hydrogen) atoms. The normalized spacial score (nSPS) is 21.7. The van der Waals surface area contributed by atoms with Crippen molar-refractivity contribution in [1.29, 1.82) is 0 Å². The zero-order valence-electron chi connectivity index (χ0n) is 16.2. The van der Waals surface area contributed by atoms with Gasteiger partial charge < -0.3 is 9.84 Å². The summed E-state index contributed by atoms with van der Waals surface area (Å²) in [6.45, 7) is 5.85. The van der Waals surface area contributed by atoms with Crippen LogP contribution in [0, 0.1) is 23.6 Å². The van der Waals surface area contributed by atoms with E-state index in [0.29, 0.717) is 37.5 Å². The second kappa shape index (κ2) is 8.98. The number of ether oxygens (including phenoxy) is 1. The predicted octanol–water partition coefficient (Wildman–Crippen LogP) is 6.34. The largest absolute Gasteiger partial charge is 0.504 e. The summed E-state index contributed by atoms with van der Waals surface area (Å²) in [5.74, 6) is -3.48. The fourth-order valence-corrected chi connectivity index (χ4v) is 3.99. The second-order valence-electron chi connectivity index (χ2n) is 7.59. The third kappa shape index (κ3) is 4.96. The number of aromatic hydroxyl groups is 1. The Labute approximate surface area is 158 Å². The number of ketones is 1. The van der Waals surface area contributed by atoms with Crippen LogP contribution in [0.4, 0.5) is 13.2 Å². The molecule has 1 fully saturated rings. The quantitative estimate of drug-likeness (QED) is 0.530. The van der Waals surface area contributed by atoms with Gasteiger partial charge in [-0.2, -0.15) is 13.2 Å². The Morgan fingerprint density at radius 1 is 1.26 bits per heavy atom. The number of Topliss-reactive ketones (excluding diaryl/α,β-unsaturated/α-hetero) is 1. The minimum absolute atomic E-state index is 0.0725. The van der Waals surface area contributed by atoms with Gasteiger partial charge in [-0.1, -0.05) is 33.6 Å². The summed E-state index contributed by atoms with van der Waals surface area (Å²) < 4.78 is 48.1. The van der Waals surface area contributed by atoms with Crippen molar-refractivity contribution in [3.05, 3.63) is 23.5 Å². The van der Waals surface area contributed by atoms with Crippen molar-refractivity contribution in [3.8, 4) is 11.5 Å². The molecule has 1 unspecified atom stereocenters. The standard InChI is InChI=1S/C21H29F3O3/c1-4-6-13(3)14-7-9-15(10-8-14)21(23,24)27-18-12-11-16(17(25)5-2)20(26)19(18)22/h11-15,26H,4-10H2,1-3H3. The van der Waals surface area contributed by atoms with Gasteiger partial charge in [0.1, 0.15) is 0 Å². The monoisotopic (exact) mass is 386 g/mol. The highest BCUT2D eigenvalue weighted by Gasteiger charge is 2.45. The van der Waals surface area contributed by atoms with Crippen molar-refractivity contribution in [2.75, 3.05) is 0 Å². The van der Waals surface area contributed by atoms with Gasteiger partial charge in [-0.05, 0) is 49.7 Å². The van der Waals surface area contributed by atoms with Crippen molar-refractivity contribution in [3.63, 3.8) is 0 Å². The van der Waals surface area contributed by atoms with Crippen molar-refractivity contribution >= 4 is 5.78 Å². The van der Waals surface area contributed by atoms with Crippen LogP contribution in [-0.2, 0) is 0 Å². The molecule has 0 aliphatic heterocycles. The first kappa shape index (κ1) is 21.6. The minimum Gasteiger partial charge on any atom is -0.504 e. The molecular formula is C21H29F3O3. The Hall–Kier alpha value is -1.72. The number of phenols is 1. The van der Waals surface area contributed by atoms with Crippen molar-refractivity contribution in [2.45, 2.75) is 71.8 Å². The number of halogens is 3. The lowest BCUT2D eigenvalue weighted by Gasteiger charge is -2.35. The van der Waals surface area contributed by atoms with Gasteiger partial charge in [-0.15, -0.1) is 0 Å². The number of carbonyl (C=O) groups is 1. The number of carbonyl (C=O) groups excluding carboxylic acids is 1. The van der Waals surface area contributed by atoms with Gasteiger partial charge in [0.15, 0.2) is 17.3 Å². The Kier molecular flexibility index (Phi) is 7.18. The lowest BCUT2D eigenvalue weighted by Crippen LogP contribution is -2.38. The van der Waals surface area contributed by atoms with Gasteiger partial charge in [-0.25, -0.2) is 0 Å². The molecule has 3 nitrogen and oxygen atoms in total. The van der Waals surface area contributed by atoms with E-state index in [1.165, 1.54) is 0 Å². The molecule has 1 saturated carbocycles. The van der Waals surface area contributed by atoms with Crippen LogP contribution in [0.15, 0.2) is 12.1 Å². The summed E-state index contributed by atoms with van der Waals surface area (Å²) in [4.78, 5) is 11.6. The summed E-state index contributed by atoms with van der Waals surface area (Å²) >= 11 is 0. The van der Waals surface area contributed by atoms with Gasteiger partial charge in [0.25, 0.3) is 0 Å². The average molecular weight is 386 g/mol. The topological polar surface area (TPSA) is 46.5 Å². The minimum atomic E-state index is -3.53. The van der Waals surface area contributed by atoms with Gasteiger partial charge in [0.2, 0.25) is 5.82 Å². The Balaban J connectivity index is 2.06. The molecule has 1 aromatic rings. The van der Waals surface area contributed by atoms with E-state index >= 15 is 0 Å². The van der Waals surface area contributed by atoms with Gasteiger partial charge in [-0.3, -0.25) is 4.79 Å². The van der Waals surface area contributed by atoms with E-state index < -0.39 is 35.1 Å². The van der Waals surface area contributed by atoms with Crippen LogP contribution in [-0.4, -0.2) is 17.0 Å². The molecule has 0 aromatic heterocycles. The third-order valence-corrected chi connectivity index (χ3v) is 5.74. The number of alkyl halides is 2. The van der Waals surface area contributed by atoms with Crippen molar-refractivity contribution in [1.82, 2.24) is 0 Å². The highest BCUT2D eigenvalue weighted by Crippen LogP contribution is 2.43. The highest BCUT2D eigenvalue weighted by atomic mass is 19.3. The van der Waals surface area contributed by atoms with Crippen LogP contribution >= 0.6 is 0 Å². The van der Waals surface area contributed by atoms with E-state index in [0.717, 1.165) is 25.0 Å². The lowest BCUT2D eigenvalue weighted by molar-refractivity contribution is -0.225. The Bertz CT molecular complexity index is 652. The predicted molar refractivity (Wildman–Crippen MR) is 97.8 cm³/mol.